The summed E-state index contributed by atoms with van der Waals surface area (Å²) >= 11 is 3.71. The summed E-state index contributed by atoms with van der Waals surface area (Å²) in [7, 11) is 0. The topological polar surface area (TPSA) is 0 Å². The molecule has 0 nitrogen and oxygen atoms in total. The summed E-state index contributed by atoms with van der Waals surface area (Å²) in [5, 5.41) is 5.45. The molecule has 1 aliphatic rings. The number of rotatable bonds is 0. The van der Waals surface area contributed by atoms with Gasteiger partial charge in [-0.1, -0.05) is 0 Å². The number of hydrogen-bond donors (Lipinski definition) is 0. The fourth-order valence-corrected chi connectivity index (χ4v) is 1.77. The summed E-state index contributed by atoms with van der Waals surface area (Å²) in [5.41, 5.74) is 0. The van der Waals surface area contributed by atoms with Gasteiger partial charge >= 0.3 is 26.2 Å². The molecule has 3 heteroatoms. The molecule has 0 atom stereocenters. The number of thioether (sulfide) groups is 2. The van der Waals surface area contributed by atoms with Crippen LogP contribution in [0.3, 0.4) is 0 Å². The Hall–Kier alpha value is 1.32. The van der Waals surface area contributed by atoms with Crippen LogP contribution in [0.15, 0.2) is 10.8 Å². The summed E-state index contributed by atoms with van der Waals surface area (Å²) in [4.78, 5) is 0. The molecule has 0 aromatic carbocycles. The van der Waals surface area contributed by atoms with E-state index in [2.05, 4.69) is 10.8 Å². The molecule has 1 aliphatic heterocycles. The van der Waals surface area contributed by atoms with E-state index in [4.69, 9.17) is 0 Å². The zero-order valence-corrected chi connectivity index (χ0v) is 10.5. The zero-order valence-electron chi connectivity index (χ0n) is 3.39. The van der Waals surface area contributed by atoms with Crippen LogP contribution in [-0.4, -0.2) is 31.3 Å². The third kappa shape index (κ3) is 2.49. The minimum absolute atomic E-state index is 0. The minimum atomic E-state index is 0. The number of hydrogen-bond acceptors (Lipinski definition) is 2. The summed E-state index contributed by atoms with van der Waals surface area (Å²) < 4.78 is 0. The van der Waals surface area contributed by atoms with Crippen molar-refractivity contribution in [2.75, 3.05) is 5.08 Å². The second kappa shape index (κ2) is 4.48. The molecule has 6 heavy (non-hydrogen) atoms. The fraction of sp³-hybridized carbons (Fsp3) is 0.333. The quantitative estimate of drug-likeness (QED) is 0.604. The molecule has 0 saturated carbocycles. The average Bonchev–Trinajstić information content (AvgIpc) is 1.76. The molecule has 0 N–H and O–H groups in total. The average molecular weight is 316 g/mol. The van der Waals surface area contributed by atoms with Gasteiger partial charge in [0, 0.05) is 5.08 Å². The Morgan fingerprint density at radius 1 is 1.17 bits per heavy atom. The first kappa shape index (κ1) is 7.32. The molecule has 0 unspecified atom stereocenters. The predicted octanol–water partition coefficient (Wildman–Crippen LogP) is 0.711. The standard InChI is InChI=1S/C3H4S2.Bi.3H/c1-2-5-3-4-1;;;;/h1-2H,3H2;;;;. The first-order chi connectivity index (χ1) is 2.50. The van der Waals surface area contributed by atoms with E-state index in [1.165, 1.54) is 5.08 Å². The van der Waals surface area contributed by atoms with Gasteiger partial charge in [-0.2, -0.15) is 0 Å². The first-order valence-electron chi connectivity index (χ1n) is 1.38. The van der Waals surface area contributed by atoms with Crippen LogP contribution in [0.4, 0.5) is 0 Å². The van der Waals surface area contributed by atoms with E-state index < -0.39 is 0 Å². The van der Waals surface area contributed by atoms with Crippen molar-refractivity contribution in [1.82, 2.24) is 0 Å². The van der Waals surface area contributed by atoms with E-state index in [-0.39, 0.29) is 26.2 Å². The summed E-state index contributed by atoms with van der Waals surface area (Å²) in [6.45, 7) is 0. The Morgan fingerprint density at radius 3 is 1.83 bits per heavy atom. The molecule has 1 heterocycles. The third-order valence-electron chi connectivity index (χ3n) is 0.384. The van der Waals surface area contributed by atoms with E-state index in [1.807, 2.05) is 23.5 Å². The SMILES string of the molecule is C1=CSCS1.[BiH3]. The second-order valence-electron chi connectivity index (χ2n) is 0.723. The molecule has 0 aromatic rings. The van der Waals surface area contributed by atoms with Crippen LogP contribution in [0.2, 0.25) is 0 Å². The van der Waals surface area contributed by atoms with Crippen molar-refractivity contribution in [2.24, 2.45) is 0 Å². The van der Waals surface area contributed by atoms with E-state index in [0.717, 1.165) is 0 Å². The fourth-order valence-electron chi connectivity index (χ4n) is 0.196. The summed E-state index contributed by atoms with van der Waals surface area (Å²) in [5.74, 6) is 0. The van der Waals surface area contributed by atoms with E-state index >= 15 is 0 Å². The van der Waals surface area contributed by atoms with Crippen molar-refractivity contribution in [3.63, 3.8) is 0 Å². The predicted molar refractivity (Wildman–Crippen MR) is 39.1 cm³/mol. The molecule has 0 amide bonds. The Bertz CT molecular complexity index is 46.8. The Morgan fingerprint density at radius 2 is 1.67 bits per heavy atom. The molecule has 0 fully saturated rings. The van der Waals surface area contributed by atoms with Gasteiger partial charge in [-0.3, -0.25) is 0 Å². The maximum absolute atomic E-state index is 2.12. The van der Waals surface area contributed by atoms with Crippen molar-refractivity contribution in [2.45, 2.75) is 0 Å². The summed E-state index contributed by atoms with van der Waals surface area (Å²) in [6, 6.07) is 0. The van der Waals surface area contributed by atoms with Crippen LogP contribution in [0.1, 0.15) is 0 Å². The second-order valence-corrected chi connectivity index (χ2v) is 2.88. The molecule has 0 aliphatic carbocycles. The molecular formula is C3H7BiS2. The molecule has 0 saturated heterocycles. The van der Waals surface area contributed by atoms with Gasteiger partial charge in [0.15, 0.2) is 0 Å². The molecule has 0 radical (unpaired) electrons. The Balaban J connectivity index is 0.000000250. The normalized spacial score (nSPS) is 17.3. The summed E-state index contributed by atoms with van der Waals surface area (Å²) in [6.07, 6.45) is 0. The van der Waals surface area contributed by atoms with E-state index in [0.29, 0.717) is 0 Å². The maximum atomic E-state index is 2.12. The molecular weight excluding hydrogens is 309 g/mol. The molecule has 0 bridgehead atoms. The molecule has 0 aromatic heterocycles. The van der Waals surface area contributed by atoms with Gasteiger partial charge in [-0.15, -0.1) is 23.5 Å². The zero-order chi connectivity index (χ0) is 3.54. The van der Waals surface area contributed by atoms with Crippen LogP contribution in [0, 0.1) is 0 Å². The van der Waals surface area contributed by atoms with Crippen LogP contribution in [0.5, 0.6) is 0 Å². The van der Waals surface area contributed by atoms with Gasteiger partial charge in [0.25, 0.3) is 0 Å². The monoisotopic (exact) mass is 316 g/mol. The van der Waals surface area contributed by atoms with Crippen LogP contribution in [-0.2, 0) is 0 Å². The van der Waals surface area contributed by atoms with Gasteiger partial charge in [-0.05, 0) is 10.8 Å². The van der Waals surface area contributed by atoms with E-state index in [1.54, 1.807) is 0 Å². The van der Waals surface area contributed by atoms with E-state index in [9.17, 15) is 0 Å². The van der Waals surface area contributed by atoms with Crippen LogP contribution >= 0.6 is 23.5 Å². The molecule has 0 spiro atoms. The first-order valence-corrected chi connectivity index (χ1v) is 3.48. The van der Waals surface area contributed by atoms with Crippen molar-refractivity contribution >= 4 is 49.7 Å². The van der Waals surface area contributed by atoms with Gasteiger partial charge < -0.3 is 0 Å². The van der Waals surface area contributed by atoms with Crippen molar-refractivity contribution in [3.8, 4) is 0 Å². The van der Waals surface area contributed by atoms with Crippen molar-refractivity contribution < 1.29 is 0 Å². The van der Waals surface area contributed by atoms with Gasteiger partial charge in [0.05, 0.1) is 0 Å². The molecule has 1 rings (SSSR count). The van der Waals surface area contributed by atoms with Crippen LogP contribution in [0.25, 0.3) is 0 Å². The molecule has 36 valence electrons. The Kier molecular flexibility index (Phi) is 5.47. The Labute approximate surface area is 65.3 Å². The van der Waals surface area contributed by atoms with Gasteiger partial charge in [0.1, 0.15) is 0 Å². The van der Waals surface area contributed by atoms with Crippen molar-refractivity contribution in [3.05, 3.63) is 10.8 Å². The van der Waals surface area contributed by atoms with Gasteiger partial charge in [0.2, 0.25) is 0 Å². The van der Waals surface area contributed by atoms with Crippen LogP contribution < -0.4 is 0 Å². The third-order valence-corrected chi connectivity index (χ3v) is 2.30. The van der Waals surface area contributed by atoms with Gasteiger partial charge in [-0.25, -0.2) is 0 Å². The van der Waals surface area contributed by atoms with Crippen molar-refractivity contribution in [1.29, 1.82) is 0 Å².